The maximum Gasteiger partial charge on any atom is 0.137 e. The quantitative estimate of drug-likeness (QED) is 0.301. The fourth-order valence-electron chi connectivity index (χ4n) is 0.757. The van der Waals surface area contributed by atoms with Gasteiger partial charge in [0.1, 0.15) is 12.4 Å². The van der Waals surface area contributed by atoms with E-state index in [1.807, 2.05) is 34.6 Å². The highest BCUT2D eigenvalue weighted by atomic mass is 16.5. The summed E-state index contributed by atoms with van der Waals surface area (Å²) in [7, 11) is 0. The summed E-state index contributed by atoms with van der Waals surface area (Å²) in [6.45, 7) is 10.4. The summed E-state index contributed by atoms with van der Waals surface area (Å²) in [6, 6.07) is 0. The first-order chi connectivity index (χ1) is 5.85. The number of rotatable bonds is 3. The zero-order chi connectivity index (χ0) is 10.5. The van der Waals surface area contributed by atoms with E-state index in [0.29, 0.717) is 12.4 Å². The molecule has 0 heterocycles. The van der Waals surface area contributed by atoms with Gasteiger partial charge in [0.05, 0.1) is 11.6 Å². The van der Waals surface area contributed by atoms with E-state index >= 15 is 0 Å². The van der Waals surface area contributed by atoms with Gasteiger partial charge in [-0.3, -0.25) is 4.99 Å². The van der Waals surface area contributed by atoms with E-state index < -0.39 is 0 Å². The molecule has 13 heavy (non-hydrogen) atoms. The Morgan fingerprint density at radius 3 is 2.31 bits per heavy atom. The van der Waals surface area contributed by atoms with Gasteiger partial charge in [0.15, 0.2) is 0 Å². The van der Waals surface area contributed by atoms with Crippen molar-refractivity contribution in [1.29, 1.82) is 0 Å². The minimum absolute atomic E-state index is 0.123. The van der Waals surface area contributed by atoms with E-state index in [1.54, 1.807) is 0 Å². The average Bonchev–Trinajstić information content (AvgIpc) is 1.95. The van der Waals surface area contributed by atoms with Crippen molar-refractivity contribution in [3.63, 3.8) is 0 Å². The van der Waals surface area contributed by atoms with E-state index in [9.17, 15) is 0 Å². The molecule has 4 nitrogen and oxygen atoms in total. The zero-order valence-electron chi connectivity index (χ0n) is 9.22. The molecule has 0 aliphatic carbocycles. The molecule has 0 atom stereocenters. The zero-order valence-corrected chi connectivity index (χ0v) is 9.22. The summed E-state index contributed by atoms with van der Waals surface area (Å²) in [5, 5.41) is 0. The Morgan fingerprint density at radius 1 is 1.46 bits per heavy atom. The first kappa shape index (κ1) is 12.4. The van der Waals surface area contributed by atoms with Gasteiger partial charge < -0.3 is 10.2 Å². The largest absolute Gasteiger partial charge is 0.371 e. The van der Waals surface area contributed by atoms with Crippen LogP contribution in [0.4, 0.5) is 0 Å². The lowest BCUT2D eigenvalue weighted by molar-refractivity contribution is 0.109. The number of hydrazine groups is 1. The molecule has 4 heteroatoms. The predicted octanol–water partition coefficient (Wildman–Crippen LogP) is 1.07. The Balaban J connectivity index is 4.10. The van der Waals surface area contributed by atoms with Crippen LogP contribution in [-0.2, 0) is 4.74 Å². The summed E-state index contributed by atoms with van der Waals surface area (Å²) >= 11 is 0. The molecule has 0 saturated carbocycles. The van der Waals surface area contributed by atoms with Gasteiger partial charge in [0, 0.05) is 0 Å². The average molecular weight is 187 g/mol. The molecule has 0 aliphatic heterocycles. The third-order valence-electron chi connectivity index (χ3n) is 1.19. The molecule has 0 spiro atoms. The second-order valence-corrected chi connectivity index (χ2v) is 4.23. The monoisotopic (exact) mass is 187 g/mol. The standard InChI is InChI=1S/C9H21N3O/c1-7(2)13-6-8(12-10)11-9(3,4)5/h7H,6,10H2,1-5H3,(H,11,12). The number of nitrogens with one attached hydrogen (secondary N) is 1. The van der Waals surface area contributed by atoms with Gasteiger partial charge in [-0.25, -0.2) is 5.84 Å². The number of aliphatic imine (C=N–C) groups is 1. The van der Waals surface area contributed by atoms with E-state index in [2.05, 4.69) is 10.4 Å². The van der Waals surface area contributed by atoms with Crippen LogP contribution < -0.4 is 11.3 Å². The van der Waals surface area contributed by atoms with Crippen molar-refractivity contribution in [2.24, 2.45) is 10.8 Å². The predicted molar refractivity (Wildman–Crippen MR) is 55.6 cm³/mol. The number of nitrogens with two attached hydrogens (primary N) is 1. The highest BCUT2D eigenvalue weighted by molar-refractivity contribution is 5.83. The Labute approximate surface area is 80.5 Å². The smallest absolute Gasteiger partial charge is 0.137 e. The van der Waals surface area contributed by atoms with E-state index in [4.69, 9.17) is 10.6 Å². The molecule has 0 bridgehead atoms. The van der Waals surface area contributed by atoms with Gasteiger partial charge in [-0.15, -0.1) is 0 Å². The molecule has 0 fully saturated rings. The SMILES string of the molecule is CC(C)OCC(=NC(C)(C)C)NN. The van der Waals surface area contributed by atoms with Crippen LogP contribution in [0.15, 0.2) is 4.99 Å². The molecule has 0 saturated heterocycles. The molecule has 0 unspecified atom stereocenters. The van der Waals surface area contributed by atoms with Crippen molar-refractivity contribution in [3.8, 4) is 0 Å². The number of nitrogens with zero attached hydrogens (tertiary/aromatic N) is 1. The van der Waals surface area contributed by atoms with Crippen LogP contribution >= 0.6 is 0 Å². The van der Waals surface area contributed by atoms with Crippen molar-refractivity contribution in [1.82, 2.24) is 5.43 Å². The Morgan fingerprint density at radius 2 is 2.00 bits per heavy atom. The number of amidine groups is 1. The molecule has 0 aromatic rings. The number of hydrogen-bond donors (Lipinski definition) is 2. The summed E-state index contributed by atoms with van der Waals surface area (Å²) in [6.07, 6.45) is 0.193. The normalized spacial score (nSPS) is 13.6. The fraction of sp³-hybridized carbons (Fsp3) is 0.889. The highest BCUT2D eigenvalue weighted by Gasteiger charge is 2.09. The van der Waals surface area contributed by atoms with E-state index in [-0.39, 0.29) is 11.6 Å². The van der Waals surface area contributed by atoms with Crippen LogP contribution in [-0.4, -0.2) is 24.1 Å². The summed E-state index contributed by atoms with van der Waals surface area (Å²) in [5.41, 5.74) is 2.42. The van der Waals surface area contributed by atoms with Gasteiger partial charge in [-0.2, -0.15) is 0 Å². The molecular weight excluding hydrogens is 166 g/mol. The molecule has 78 valence electrons. The Bertz CT molecular complexity index is 170. The number of hydrogen-bond acceptors (Lipinski definition) is 3. The lowest BCUT2D eigenvalue weighted by Crippen LogP contribution is -2.36. The van der Waals surface area contributed by atoms with Crippen molar-refractivity contribution >= 4 is 5.84 Å². The molecule has 0 aromatic carbocycles. The molecule has 0 aromatic heterocycles. The van der Waals surface area contributed by atoms with Gasteiger partial charge >= 0.3 is 0 Å². The van der Waals surface area contributed by atoms with E-state index in [1.165, 1.54) is 0 Å². The van der Waals surface area contributed by atoms with Crippen LogP contribution in [0, 0.1) is 0 Å². The molecule has 0 radical (unpaired) electrons. The first-order valence-electron chi connectivity index (χ1n) is 4.52. The molecule has 3 N–H and O–H groups in total. The van der Waals surface area contributed by atoms with Crippen LogP contribution in [0.3, 0.4) is 0 Å². The minimum Gasteiger partial charge on any atom is -0.371 e. The highest BCUT2D eigenvalue weighted by Crippen LogP contribution is 2.06. The second-order valence-electron chi connectivity index (χ2n) is 4.23. The van der Waals surface area contributed by atoms with Gasteiger partial charge in [-0.1, -0.05) is 0 Å². The lowest BCUT2D eigenvalue weighted by atomic mass is 10.1. The lowest BCUT2D eigenvalue weighted by Gasteiger charge is -2.16. The van der Waals surface area contributed by atoms with Crippen molar-refractivity contribution in [2.75, 3.05) is 6.61 Å². The fourth-order valence-corrected chi connectivity index (χ4v) is 0.757. The van der Waals surface area contributed by atoms with Gasteiger partial charge in [-0.05, 0) is 34.6 Å². The van der Waals surface area contributed by atoms with Crippen LogP contribution in [0.25, 0.3) is 0 Å². The van der Waals surface area contributed by atoms with Crippen LogP contribution in [0.5, 0.6) is 0 Å². The topological polar surface area (TPSA) is 59.6 Å². The second kappa shape index (κ2) is 5.19. The summed E-state index contributed by atoms with van der Waals surface area (Å²) in [5.74, 6) is 5.99. The Hall–Kier alpha value is -0.610. The summed E-state index contributed by atoms with van der Waals surface area (Å²) in [4.78, 5) is 4.35. The van der Waals surface area contributed by atoms with Crippen molar-refractivity contribution in [2.45, 2.75) is 46.3 Å². The summed E-state index contributed by atoms with van der Waals surface area (Å²) < 4.78 is 5.37. The third kappa shape index (κ3) is 7.74. The van der Waals surface area contributed by atoms with Crippen LogP contribution in [0.1, 0.15) is 34.6 Å². The number of ether oxygens (including phenoxy) is 1. The van der Waals surface area contributed by atoms with Crippen LogP contribution in [0.2, 0.25) is 0 Å². The molecule has 0 rings (SSSR count). The Kier molecular flexibility index (Phi) is 4.95. The molecule has 0 aliphatic rings. The maximum atomic E-state index is 5.37. The minimum atomic E-state index is -0.123. The van der Waals surface area contributed by atoms with Crippen molar-refractivity contribution in [3.05, 3.63) is 0 Å². The van der Waals surface area contributed by atoms with Crippen molar-refractivity contribution < 1.29 is 4.74 Å². The van der Waals surface area contributed by atoms with Gasteiger partial charge in [0.25, 0.3) is 0 Å². The maximum absolute atomic E-state index is 5.37. The van der Waals surface area contributed by atoms with E-state index in [0.717, 1.165) is 0 Å². The first-order valence-corrected chi connectivity index (χ1v) is 4.52. The van der Waals surface area contributed by atoms with Gasteiger partial charge in [0.2, 0.25) is 0 Å². The third-order valence-corrected chi connectivity index (χ3v) is 1.19. The molecular formula is C9H21N3O. The molecule has 0 amide bonds.